The van der Waals surface area contributed by atoms with Gasteiger partial charge in [0.05, 0.1) is 26.9 Å². The first-order chi connectivity index (χ1) is 13.2. The second kappa shape index (κ2) is 8.66. The molecule has 1 fully saturated rings. The molecule has 1 heterocycles. The molecule has 27 heavy (non-hydrogen) atoms. The van der Waals surface area contributed by atoms with Crippen molar-refractivity contribution in [3.8, 4) is 17.2 Å². The summed E-state index contributed by atoms with van der Waals surface area (Å²) in [5.41, 5.74) is 1.67. The van der Waals surface area contributed by atoms with E-state index in [4.69, 9.17) is 14.2 Å². The monoisotopic (exact) mass is 370 g/mol. The molecular formula is C21H26N2O4. The average molecular weight is 370 g/mol. The van der Waals surface area contributed by atoms with E-state index in [1.54, 1.807) is 19.2 Å². The van der Waals surface area contributed by atoms with Crippen molar-refractivity contribution in [3.05, 3.63) is 48.0 Å². The first-order valence-electron chi connectivity index (χ1n) is 9.07. The van der Waals surface area contributed by atoms with E-state index in [1.165, 1.54) is 19.9 Å². The Morgan fingerprint density at radius 1 is 0.926 bits per heavy atom. The summed E-state index contributed by atoms with van der Waals surface area (Å²) >= 11 is 0. The molecule has 0 aromatic heterocycles. The van der Waals surface area contributed by atoms with Crippen molar-refractivity contribution in [2.45, 2.75) is 18.9 Å². The number of ether oxygens (including phenoxy) is 3. The van der Waals surface area contributed by atoms with Crippen LogP contribution in [0.2, 0.25) is 0 Å². The predicted molar refractivity (Wildman–Crippen MR) is 105 cm³/mol. The summed E-state index contributed by atoms with van der Waals surface area (Å²) in [5, 5.41) is 3.13. The van der Waals surface area contributed by atoms with E-state index in [1.807, 2.05) is 18.2 Å². The third kappa shape index (κ3) is 4.10. The SMILES string of the molecule is COc1ccc(C(=O)NC2CCN(c3ccccc3)CC2)c(OC)c1OC. The van der Waals surface area contributed by atoms with Crippen LogP contribution in [0.5, 0.6) is 17.2 Å². The maximum atomic E-state index is 12.8. The molecule has 1 aliphatic rings. The van der Waals surface area contributed by atoms with Crippen molar-refractivity contribution in [1.29, 1.82) is 0 Å². The highest BCUT2D eigenvalue weighted by Crippen LogP contribution is 2.39. The average Bonchev–Trinajstić information content (AvgIpc) is 2.73. The van der Waals surface area contributed by atoms with Crippen LogP contribution in [0.3, 0.4) is 0 Å². The van der Waals surface area contributed by atoms with E-state index in [9.17, 15) is 4.79 Å². The van der Waals surface area contributed by atoms with Crippen LogP contribution < -0.4 is 24.4 Å². The van der Waals surface area contributed by atoms with Gasteiger partial charge in [-0.15, -0.1) is 0 Å². The first kappa shape index (κ1) is 18.9. The van der Waals surface area contributed by atoms with Gasteiger partial charge >= 0.3 is 0 Å². The quantitative estimate of drug-likeness (QED) is 0.847. The van der Waals surface area contributed by atoms with Gasteiger partial charge in [-0.05, 0) is 37.1 Å². The van der Waals surface area contributed by atoms with Gasteiger partial charge in [0.2, 0.25) is 5.75 Å². The number of hydrogen-bond acceptors (Lipinski definition) is 5. The van der Waals surface area contributed by atoms with Crippen LogP contribution in [0.4, 0.5) is 5.69 Å². The van der Waals surface area contributed by atoms with Crippen molar-refractivity contribution >= 4 is 11.6 Å². The predicted octanol–water partition coefficient (Wildman–Crippen LogP) is 3.11. The minimum Gasteiger partial charge on any atom is -0.493 e. The molecule has 2 aromatic carbocycles. The number of nitrogens with one attached hydrogen (secondary N) is 1. The van der Waals surface area contributed by atoms with E-state index in [2.05, 4.69) is 22.3 Å². The third-order valence-corrected chi connectivity index (χ3v) is 4.90. The van der Waals surface area contributed by atoms with Gasteiger partial charge in [-0.3, -0.25) is 4.79 Å². The summed E-state index contributed by atoms with van der Waals surface area (Å²) in [7, 11) is 4.60. The van der Waals surface area contributed by atoms with E-state index in [-0.39, 0.29) is 11.9 Å². The van der Waals surface area contributed by atoms with Crippen molar-refractivity contribution in [3.63, 3.8) is 0 Å². The van der Waals surface area contributed by atoms with Gasteiger partial charge in [-0.2, -0.15) is 0 Å². The van der Waals surface area contributed by atoms with Gasteiger partial charge in [0.25, 0.3) is 5.91 Å². The van der Waals surface area contributed by atoms with Gasteiger partial charge in [0.15, 0.2) is 11.5 Å². The lowest BCUT2D eigenvalue weighted by Crippen LogP contribution is -2.44. The minimum atomic E-state index is -0.161. The van der Waals surface area contributed by atoms with E-state index >= 15 is 0 Å². The molecule has 1 N–H and O–H groups in total. The van der Waals surface area contributed by atoms with Crippen LogP contribution in [0.1, 0.15) is 23.2 Å². The Kier molecular flexibility index (Phi) is 6.06. The Morgan fingerprint density at radius 3 is 2.19 bits per heavy atom. The lowest BCUT2D eigenvalue weighted by molar-refractivity contribution is 0.0927. The Balaban J connectivity index is 1.66. The molecule has 0 saturated carbocycles. The molecule has 0 bridgehead atoms. The Morgan fingerprint density at radius 2 is 1.59 bits per heavy atom. The zero-order valence-electron chi connectivity index (χ0n) is 16.0. The zero-order chi connectivity index (χ0) is 19.2. The highest BCUT2D eigenvalue weighted by molar-refractivity contribution is 5.98. The van der Waals surface area contributed by atoms with Crippen LogP contribution in [0.15, 0.2) is 42.5 Å². The van der Waals surface area contributed by atoms with Crippen molar-refractivity contribution in [2.75, 3.05) is 39.3 Å². The molecule has 0 spiro atoms. The molecule has 0 aliphatic carbocycles. The highest BCUT2D eigenvalue weighted by Gasteiger charge is 2.25. The van der Waals surface area contributed by atoms with Crippen LogP contribution in [0, 0.1) is 0 Å². The summed E-state index contributed by atoms with van der Waals surface area (Å²) in [6.07, 6.45) is 1.80. The Labute approximate surface area is 160 Å². The number of rotatable bonds is 6. The summed E-state index contributed by atoms with van der Waals surface area (Å²) in [6.45, 7) is 1.83. The van der Waals surface area contributed by atoms with Gasteiger partial charge < -0.3 is 24.4 Å². The number of benzene rings is 2. The first-order valence-corrected chi connectivity index (χ1v) is 9.07. The lowest BCUT2D eigenvalue weighted by Gasteiger charge is -2.34. The molecule has 2 aromatic rings. The van der Waals surface area contributed by atoms with Gasteiger partial charge in [0, 0.05) is 24.8 Å². The number of nitrogens with zero attached hydrogens (tertiary/aromatic N) is 1. The smallest absolute Gasteiger partial charge is 0.255 e. The number of carbonyl (C=O) groups excluding carboxylic acids is 1. The highest BCUT2D eigenvalue weighted by atomic mass is 16.5. The zero-order valence-corrected chi connectivity index (χ0v) is 16.0. The summed E-state index contributed by atoms with van der Waals surface area (Å²) in [4.78, 5) is 15.2. The largest absolute Gasteiger partial charge is 0.493 e. The summed E-state index contributed by atoms with van der Waals surface area (Å²) < 4.78 is 16.1. The van der Waals surface area contributed by atoms with Crippen molar-refractivity contribution in [2.24, 2.45) is 0 Å². The molecule has 6 heteroatoms. The minimum absolute atomic E-state index is 0.135. The maximum absolute atomic E-state index is 12.8. The fourth-order valence-corrected chi connectivity index (χ4v) is 3.46. The molecule has 3 rings (SSSR count). The van der Waals surface area contributed by atoms with Crippen LogP contribution in [0.25, 0.3) is 0 Å². The molecule has 0 atom stereocenters. The number of methoxy groups -OCH3 is 3. The number of para-hydroxylation sites is 1. The fraction of sp³-hybridized carbons (Fsp3) is 0.381. The molecule has 0 radical (unpaired) electrons. The van der Waals surface area contributed by atoms with E-state index in [0.717, 1.165) is 25.9 Å². The van der Waals surface area contributed by atoms with Gasteiger partial charge in [0.1, 0.15) is 0 Å². The lowest BCUT2D eigenvalue weighted by atomic mass is 10.0. The van der Waals surface area contributed by atoms with Gasteiger partial charge in [-0.1, -0.05) is 18.2 Å². The molecule has 6 nitrogen and oxygen atoms in total. The van der Waals surface area contributed by atoms with Crippen LogP contribution in [-0.4, -0.2) is 46.4 Å². The number of carbonyl (C=O) groups is 1. The van der Waals surface area contributed by atoms with E-state index in [0.29, 0.717) is 22.8 Å². The van der Waals surface area contributed by atoms with Crippen LogP contribution >= 0.6 is 0 Å². The van der Waals surface area contributed by atoms with Crippen LogP contribution in [-0.2, 0) is 0 Å². The van der Waals surface area contributed by atoms with Crippen molar-refractivity contribution in [1.82, 2.24) is 5.32 Å². The molecular weight excluding hydrogens is 344 g/mol. The molecule has 144 valence electrons. The molecule has 0 unspecified atom stereocenters. The van der Waals surface area contributed by atoms with Crippen molar-refractivity contribution < 1.29 is 19.0 Å². The number of anilines is 1. The molecule has 1 saturated heterocycles. The summed E-state index contributed by atoms with van der Waals surface area (Å²) in [6, 6.07) is 13.9. The Bertz CT molecular complexity index is 771. The second-order valence-corrected chi connectivity index (χ2v) is 6.45. The number of hydrogen-bond donors (Lipinski definition) is 1. The fourth-order valence-electron chi connectivity index (χ4n) is 3.46. The maximum Gasteiger partial charge on any atom is 0.255 e. The number of amides is 1. The Hall–Kier alpha value is -2.89. The normalized spacial score (nSPS) is 14.6. The summed E-state index contributed by atoms with van der Waals surface area (Å²) in [5.74, 6) is 1.18. The second-order valence-electron chi connectivity index (χ2n) is 6.45. The van der Waals surface area contributed by atoms with E-state index < -0.39 is 0 Å². The number of piperidine rings is 1. The third-order valence-electron chi connectivity index (χ3n) is 4.90. The molecule has 1 amide bonds. The molecule has 1 aliphatic heterocycles. The standard InChI is InChI=1S/C21H26N2O4/c1-25-18-10-9-17(19(26-2)20(18)27-3)21(24)22-15-11-13-23(14-12-15)16-7-5-4-6-8-16/h4-10,15H,11-14H2,1-3H3,(H,22,24). The van der Waals surface area contributed by atoms with Gasteiger partial charge in [-0.25, -0.2) is 0 Å². The topological polar surface area (TPSA) is 60.0 Å².